The Morgan fingerprint density at radius 3 is 2.67 bits per heavy atom. The van der Waals surface area contributed by atoms with E-state index in [1.54, 1.807) is 18.3 Å². The topological polar surface area (TPSA) is 29.3 Å². The van der Waals surface area contributed by atoms with Crippen LogP contribution in [-0.4, -0.2) is 10.8 Å². The van der Waals surface area contributed by atoms with E-state index >= 15 is 0 Å². The molecule has 4 heteroatoms. The van der Waals surface area contributed by atoms with E-state index in [0.717, 1.165) is 17.8 Å². The van der Waals surface area contributed by atoms with Crippen LogP contribution in [0, 0.1) is 5.82 Å². The molecule has 1 N–H and O–H groups in total. The first-order chi connectivity index (χ1) is 10.3. The van der Waals surface area contributed by atoms with E-state index in [9.17, 15) is 4.39 Å². The molecule has 0 aliphatic rings. The maximum absolute atomic E-state index is 12.8. The number of hydrogen-bond donors (Lipinski definition) is 1. The van der Waals surface area contributed by atoms with Crippen LogP contribution in [0.4, 0.5) is 10.1 Å². The van der Waals surface area contributed by atoms with Crippen molar-refractivity contribution in [3.63, 3.8) is 0 Å². The van der Waals surface area contributed by atoms with Gasteiger partial charge in [-0.2, -0.15) is 5.10 Å². The number of hydrogen-bond acceptors (Lipinski definition) is 2. The van der Waals surface area contributed by atoms with E-state index in [4.69, 9.17) is 0 Å². The number of nitrogens with zero attached hydrogens (tertiary/aromatic N) is 2. The molecule has 0 aliphatic carbocycles. The summed E-state index contributed by atoms with van der Waals surface area (Å²) >= 11 is 0. The summed E-state index contributed by atoms with van der Waals surface area (Å²) in [6, 6.07) is 14.4. The Kier molecular flexibility index (Phi) is 3.69. The Morgan fingerprint density at radius 1 is 1.14 bits per heavy atom. The number of hydrazone groups is 1. The van der Waals surface area contributed by atoms with E-state index in [1.165, 1.54) is 23.0 Å². The van der Waals surface area contributed by atoms with Crippen LogP contribution in [0.1, 0.15) is 12.5 Å². The van der Waals surface area contributed by atoms with Crippen molar-refractivity contribution in [1.82, 2.24) is 4.57 Å². The number of aryl methyl sites for hydroxylation is 1. The van der Waals surface area contributed by atoms with Crippen molar-refractivity contribution < 1.29 is 4.39 Å². The third-order valence-corrected chi connectivity index (χ3v) is 3.40. The van der Waals surface area contributed by atoms with Crippen molar-refractivity contribution in [1.29, 1.82) is 0 Å². The molecule has 0 atom stereocenters. The van der Waals surface area contributed by atoms with Gasteiger partial charge in [0, 0.05) is 29.2 Å². The van der Waals surface area contributed by atoms with Crippen LogP contribution in [0.3, 0.4) is 0 Å². The van der Waals surface area contributed by atoms with E-state index < -0.39 is 0 Å². The Hall–Kier alpha value is -2.62. The lowest BCUT2D eigenvalue weighted by atomic mass is 10.2. The molecule has 3 aromatic rings. The van der Waals surface area contributed by atoms with Crippen LogP contribution >= 0.6 is 0 Å². The molecule has 0 unspecified atom stereocenters. The van der Waals surface area contributed by atoms with Crippen LogP contribution in [0.5, 0.6) is 0 Å². The molecule has 2 aromatic carbocycles. The molecule has 0 saturated heterocycles. The van der Waals surface area contributed by atoms with Crippen molar-refractivity contribution >= 4 is 22.8 Å². The van der Waals surface area contributed by atoms with E-state index in [2.05, 4.69) is 40.3 Å². The molecule has 0 saturated carbocycles. The molecule has 1 heterocycles. The van der Waals surface area contributed by atoms with Gasteiger partial charge in [-0.1, -0.05) is 18.2 Å². The number of aromatic nitrogens is 1. The normalized spacial score (nSPS) is 11.3. The highest BCUT2D eigenvalue weighted by atomic mass is 19.1. The van der Waals surface area contributed by atoms with Gasteiger partial charge in [0.1, 0.15) is 5.82 Å². The molecule has 21 heavy (non-hydrogen) atoms. The van der Waals surface area contributed by atoms with E-state index in [1.807, 2.05) is 12.1 Å². The number of rotatable bonds is 4. The minimum absolute atomic E-state index is 0.254. The third kappa shape index (κ3) is 2.79. The van der Waals surface area contributed by atoms with Gasteiger partial charge in [-0.05, 0) is 37.3 Å². The summed E-state index contributed by atoms with van der Waals surface area (Å²) in [5.74, 6) is -0.254. The van der Waals surface area contributed by atoms with E-state index in [-0.39, 0.29) is 5.82 Å². The molecule has 0 fully saturated rings. The lowest BCUT2D eigenvalue weighted by Crippen LogP contribution is -1.91. The van der Waals surface area contributed by atoms with Gasteiger partial charge in [-0.3, -0.25) is 5.43 Å². The van der Waals surface area contributed by atoms with Crippen molar-refractivity contribution in [2.75, 3.05) is 5.43 Å². The molecule has 0 aliphatic heterocycles. The Balaban J connectivity index is 1.84. The van der Waals surface area contributed by atoms with Crippen LogP contribution < -0.4 is 5.43 Å². The van der Waals surface area contributed by atoms with Crippen molar-refractivity contribution in [3.05, 3.63) is 66.1 Å². The van der Waals surface area contributed by atoms with Crippen molar-refractivity contribution in [2.24, 2.45) is 5.10 Å². The summed E-state index contributed by atoms with van der Waals surface area (Å²) in [7, 11) is 0. The molecule has 0 bridgehead atoms. The van der Waals surface area contributed by atoms with Gasteiger partial charge in [0.05, 0.1) is 11.9 Å². The zero-order valence-electron chi connectivity index (χ0n) is 11.8. The molecular formula is C17H16FN3. The second-order valence-corrected chi connectivity index (χ2v) is 4.76. The van der Waals surface area contributed by atoms with Crippen LogP contribution in [0.15, 0.2) is 59.8 Å². The summed E-state index contributed by atoms with van der Waals surface area (Å²) in [4.78, 5) is 0. The molecule has 106 valence electrons. The largest absolute Gasteiger partial charge is 0.347 e. The standard InChI is InChI=1S/C17H16FN3/c1-2-21-12-13(16-5-3-4-6-17(16)21)11-19-20-15-9-7-14(18)8-10-15/h3-12,20H,2H2,1H3/b19-11+. The fourth-order valence-corrected chi connectivity index (χ4v) is 2.34. The number of benzene rings is 2. The third-order valence-electron chi connectivity index (χ3n) is 3.40. The smallest absolute Gasteiger partial charge is 0.123 e. The first-order valence-electron chi connectivity index (χ1n) is 6.90. The number of anilines is 1. The van der Waals surface area contributed by atoms with Crippen molar-refractivity contribution in [3.8, 4) is 0 Å². The first kappa shape index (κ1) is 13.4. The summed E-state index contributed by atoms with van der Waals surface area (Å²) in [6.07, 6.45) is 3.87. The number of halogens is 1. The molecule has 0 spiro atoms. The van der Waals surface area contributed by atoms with Gasteiger partial charge in [-0.25, -0.2) is 4.39 Å². The summed E-state index contributed by atoms with van der Waals surface area (Å²) in [5.41, 5.74) is 5.92. The fraction of sp³-hybridized carbons (Fsp3) is 0.118. The van der Waals surface area contributed by atoms with Crippen LogP contribution in [0.25, 0.3) is 10.9 Å². The highest BCUT2D eigenvalue weighted by molar-refractivity contribution is 5.99. The Labute approximate surface area is 122 Å². The highest BCUT2D eigenvalue weighted by Crippen LogP contribution is 2.20. The zero-order valence-corrected chi connectivity index (χ0v) is 11.8. The summed E-state index contributed by atoms with van der Waals surface area (Å²) < 4.78 is 15.0. The molecule has 0 amide bonds. The molecule has 3 rings (SSSR count). The highest BCUT2D eigenvalue weighted by Gasteiger charge is 2.04. The Morgan fingerprint density at radius 2 is 1.90 bits per heavy atom. The average molecular weight is 281 g/mol. The second-order valence-electron chi connectivity index (χ2n) is 4.76. The van der Waals surface area contributed by atoms with E-state index in [0.29, 0.717) is 0 Å². The van der Waals surface area contributed by atoms with Crippen LogP contribution in [-0.2, 0) is 6.54 Å². The number of fused-ring (bicyclic) bond motifs is 1. The molecular weight excluding hydrogens is 265 g/mol. The lowest BCUT2D eigenvalue weighted by molar-refractivity contribution is 0.628. The summed E-state index contributed by atoms with van der Waals surface area (Å²) in [6.45, 7) is 3.03. The number of nitrogens with one attached hydrogen (secondary N) is 1. The Bertz CT molecular complexity index is 772. The average Bonchev–Trinajstić information content (AvgIpc) is 2.88. The quantitative estimate of drug-likeness (QED) is 0.562. The van der Waals surface area contributed by atoms with Crippen molar-refractivity contribution in [2.45, 2.75) is 13.5 Å². The van der Waals surface area contributed by atoms with Gasteiger partial charge in [0.15, 0.2) is 0 Å². The molecule has 3 nitrogen and oxygen atoms in total. The minimum Gasteiger partial charge on any atom is -0.347 e. The lowest BCUT2D eigenvalue weighted by Gasteiger charge is -1.98. The molecule has 0 radical (unpaired) electrons. The fourth-order valence-electron chi connectivity index (χ4n) is 2.34. The van der Waals surface area contributed by atoms with Gasteiger partial charge >= 0.3 is 0 Å². The SMILES string of the molecule is CCn1cc(/C=N/Nc2ccc(F)cc2)c2ccccc21. The second kappa shape index (κ2) is 5.79. The zero-order chi connectivity index (χ0) is 14.7. The molecule has 1 aromatic heterocycles. The van der Waals surface area contributed by atoms with Gasteiger partial charge in [-0.15, -0.1) is 0 Å². The van der Waals surface area contributed by atoms with Gasteiger partial charge < -0.3 is 4.57 Å². The first-order valence-corrected chi connectivity index (χ1v) is 6.90. The van der Waals surface area contributed by atoms with Gasteiger partial charge in [0.25, 0.3) is 0 Å². The van der Waals surface area contributed by atoms with Crippen LogP contribution in [0.2, 0.25) is 0 Å². The minimum atomic E-state index is -0.254. The monoisotopic (exact) mass is 281 g/mol. The summed E-state index contributed by atoms with van der Waals surface area (Å²) in [5, 5.41) is 5.40. The predicted octanol–water partition coefficient (Wildman–Crippen LogP) is 4.25. The predicted molar refractivity (Wildman–Crippen MR) is 85.2 cm³/mol. The maximum Gasteiger partial charge on any atom is 0.123 e. The maximum atomic E-state index is 12.8. The van der Waals surface area contributed by atoms with Gasteiger partial charge in [0.2, 0.25) is 0 Å². The number of para-hydroxylation sites is 1.